The Kier molecular flexibility index (Phi) is 5.22. The summed E-state index contributed by atoms with van der Waals surface area (Å²) in [7, 11) is 0. The van der Waals surface area contributed by atoms with E-state index in [9.17, 15) is 4.79 Å². The Morgan fingerprint density at radius 2 is 2.18 bits per heavy atom. The van der Waals surface area contributed by atoms with Crippen LogP contribution in [0.25, 0.3) is 0 Å². The van der Waals surface area contributed by atoms with Gasteiger partial charge in [-0.05, 0) is 32.4 Å². The summed E-state index contributed by atoms with van der Waals surface area (Å²) in [6.45, 7) is 12.5. The van der Waals surface area contributed by atoms with Crippen molar-refractivity contribution in [3.63, 3.8) is 0 Å². The lowest BCUT2D eigenvalue weighted by molar-refractivity contribution is 0.557. The number of nitrogens with zero attached hydrogens (tertiary/aromatic N) is 2. The minimum atomic E-state index is 0.0386. The number of rotatable bonds is 7. The molecule has 1 aromatic heterocycles. The third kappa shape index (κ3) is 3.89. The summed E-state index contributed by atoms with van der Waals surface area (Å²) in [4.78, 5) is 11.9. The van der Waals surface area contributed by atoms with Gasteiger partial charge in [-0.2, -0.15) is 0 Å². The van der Waals surface area contributed by atoms with Crippen molar-refractivity contribution < 1.29 is 0 Å². The van der Waals surface area contributed by atoms with Crippen molar-refractivity contribution >= 4 is 0 Å². The third-order valence-corrected chi connectivity index (χ3v) is 2.63. The van der Waals surface area contributed by atoms with E-state index < -0.39 is 0 Å². The lowest BCUT2D eigenvalue weighted by Gasteiger charge is -2.08. The second-order valence-corrected chi connectivity index (χ2v) is 4.64. The molecule has 4 nitrogen and oxygen atoms in total. The van der Waals surface area contributed by atoms with Gasteiger partial charge in [-0.25, -0.2) is 4.79 Å². The highest BCUT2D eigenvalue weighted by Crippen LogP contribution is 2.00. The quantitative estimate of drug-likeness (QED) is 0.580. The molecule has 17 heavy (non-hydrogen) atoms. The first kappa shape index (κ1) is 13.8. The Hall–Kier alpha value is -1.29. The topological polar surface area (TPSA) is 39.0 Å². The summed E-state index contributed by atoms with van der Waals surface area (Å²) in [5.41, 5.74) is 1.07. The summed E-state index contributed by atoms with van der Waals surface area (Å²) in [5, 5.41) is 3.28. The molecular weight excluding hydrogens is 214 g/mol. The summed E-state index contributed by atoms with van der Waals surface area (Å²) in [6.07, 6.45) is 4.77. The van der Waals surface area contributed by atoms with Crippen LogP contribution in [0.2, 0.25) is 0 Å². The second-order valence-electron chi connectivity index (χ2n) is 4.64. The average molecular weight is 237 g/mol. The standard InChI is InChI=1S/C13H23N3O/c1-5-6-14-9-12(4)10-15-7-8-16(11(2)3)13(15)17/h7-8,11,14H,4-6,9-10H2,1-3H3. The summed E-state index contributed by atoms with van der Waals surface area (Å²) >= 11 is 0. The van der Waals surface area contributed by atoms with E-state index in [0.717, 1.165) is 25.1 Å². The fraction of sp³-hybridized carbons (Fsp3) is 0.615. The Balaban J connectivity index is 2.57. The molecule has 0 aliphatic rings. The van der Waals surface area contributed by atoms with Gasteiger partial charge >= 0.3 is 5.69 Å². The van der Waals surface area contributed by atoms with E-state index in [1.54, 1.807) is 9.13 Å². The Morgan fingerprint density at radius 3 is 2.71 bits per heavy atom. The van der Waals surface area contributed by atoms with Crippen molar-refractivity contribution in [3.8, 4) is 0 Å². The largest absolute Gasteiger partial charge is 0.328 e. The molecule has 1 aromatic rings. The minimum Gasteiger partial charge on any atom is -0.313 e. The average Bonchev–Trinajstić information content (AvgIpc) is 2.61. The zero-order valence-electron chi connectivity index (χ0n) is 11.1. The van der Waals surface area contributed by atoms with Gasteiger partial charge in [-0.15, -0.1) is 0 Å². The monoisotopic (exact) mass is 237 g/mol. The van der Waals surface area contributed by atoms with E-state index in [0.29, 0.717) is 6.54 Å². The third-order valence-electron chi connectivity index (χ3n) is 2.63. The van der Waals surface area contributed by atoms with Crippen LogP contribution < -0.4 is 11.0 Å². The molecule has 0 saturated heterocycles. The van der Waals surface area contributed by atoms with Crippen LogP contribution in [0.5, 0.6) is 0 Å². The number of hydrogen-bond acceptors (Lipinski definition) is 2. The molecule has 0 amide bonds. The summed E-state index contributed by atoms with van der Waals surface area (Å²) < 4.78 is 3.43. The molecule has 1 rings (SSSR count). The van der Waals surface area contributed by atoms with Gasteiger partial charge in [0, 0.05) is 31.5 Å². The maximum Gasteiger partial charge on any atom is 0.328 e. The molecular formula is C13H23N3O. The Morgan fingerprint density at radius 1 is 1.47 bits per heavy atom. The van der Waals surface area contributed by atoms with Crippen LogP contribution in [-0.2, 0) is 6.54 Å². The van der Waals surface area contributed by atoms with Gasteiger partial charge in [0.05, 0.1) is 0 Å². The maximum absolute atomic E-state index is 11.9. The molecule has 0 saturated carbocycles. The molecule has 0 aliphatic carbocycles. The van der Waals surface area contributed by atoms with Crippen LogP contribution in [0.4, 0.5) is 0 Å². The zero-order valence-corrected chi connectivity index (χ0v) is 11.1. The molecule has 0 spiro atoms. The smallest absolute Gasteiger partial charge is 0.313 e. The van der Waals surface area contributed by atoms with Crippen molar-refractivity contribution in [2.24, 2.45) is 0 Å². The molecule has 0 atom stereocenters. The van der Waals surface area contributed by atoms with Crippen molar-refractivity contribution in [1.29, 1.82) is 0 Å². The predicted molar refractivity (Wildman–Crippen MR) is 71.4 cm³/mol. The molecule has 0 aliphatic heterocycles. The van der Waals surface area contributed by atoms with E-state index >= 15 is 0 Å². The first-order valence-corrected chi connectivity index (χ1v) is 6.21. The highest BCUT2D eigenvalue weighted by atomic mass is 16.1. The highest BCUT2D eigenvalue weighted by Gasteiger charge is 2.06. The van der Waals surface area contributed by atoms with Gasteiger partial charge in [0.1, 0.15) is 0 Å². The van der Waals surface area contributed by atoms with Crippen LogP contribution in [0, 0.1) is 0 Å². The molecule has 0 aromatic carbocycles. The lowest BCUT2D eigenvalue weighted by Crippen LogP contribution is -2.27. The number of nitrogens with one attached hydrogen (secondary N) is 1. The number of aromatic nitrogens is 2. The fourth-order valence-electron chi connectivity index (χ4n) is 1.68. The van der Waals surface area contributed by atoms with Crippen LogP contribution in [0.15, 0.2) is 29.3 Å². The van der Waals surface area contributed by atoms with Gasteiger partial charge in [0.2, 0.25) is 0 Å². The Labute approximate surface area is 103 Å². The van der Waals surface area contributed by atoms with Crippen molar-refractivity contribution in [3.05, 3.63) is 35.0 Å². The molecule has 96 valence electrons. The lowest BCUT2D eigenvalue weighted by atomic mass is 10.3. The van der Waals surface area contributed by atoms with Gasteiger partial charge in [-0.3, -0.25) is 9.13 Å². The molecule has 0 fully saturated rings. The molecule has 0 unspecified atom stereocenters. The van der Waals surface area contributed by atoms with Crippen LogP contribution in [-0.4, -0.2) is 22.2 Å². The zero-order chi connectivity index (χ0) is 12.8. The van der Waals surface area contributed by atoms with Gasteiger partial charge in [0.15, 0.2) is 0 Å². The maximum atomic E-state index is 11.9. The van der Waals surface area contributed by atoms with E-state index in [1.165, 1.54) is 0 Å². The fourth-order valence-corrected chi connectivity index (χ4v) is 1.68. The summed E-state index contributed by atoms with van der Waals surface area (Å²) in [5.74, 6) is 0. The van der Waals surface area contributed by atoms with Crippen molar-refractivity contribution in [1.82, 2.24) is 14.5 Å². The normalized spacial score (nSPS) is 11.1. The predicted octanol–water partition coefficient (Wildman–Crippen LogP) is 1.79. The van der Waals surface area contributed by atoms with Crippen LogP contribution in [0.1, 0.15) is 33.2 Å². The van der Waals surface area contributed by atoms with Crippen LogP contribution >= 0.6 is 0 Å². The van der Waals surface area contributed by atoms with Gasteiger partial charge < -0.3 is 5.32 Å². The van der Waals surface area contributed by atoms with E-state index in [-0.39, 0.29) is 11.7 Å². The molecule has 0 radical (unpaired) electrons. The van der Waals surface area contributed by atoms with E-state index in [4.69, 9.17) is 0 Å². The van der Waals surface area contributed by atoms with E-state index in [2.05, 4.69) is 18.8 Å². The van der Waals surface area contributed by atoms with Crippen LogP contribution in [0.3, 0.4) is 0 Å². The van der Waals surface area contributed by atoms with Crippen molar-refractivity contribution in [2.75, 3.05) is 13.1 Å². The molecule has 4 heteroatoms. The van der Waals surface area contributed by atoms with Gasteiger partial charge in [-0.1, -0.05) is 13.5 Å². The van der Waals surface area contributed by atoms with Crippen molar-refractivity contribution in [2.45, 2.75) is 39.8 Å². The molecule has 0 bridgehead atoms. The minimum absolute atomic E-state index is 0.0386. The second kappa shape index (κ2) is 6.45. The molecule has 1 N–H and O–H groups in total. The number of imidazole rings is 1. The highest BCUT2D eigenvalue weighted by molar-refractivity contribution is 4.99. The molecule has 1 heterocycles. The summed E-state index contributed by atoms with van der Waals surface area (Å²) in [6, 6.07) is 0.204. The SMILES string of the molecule is C=C(CNCCC)Cn1ccn(C(C)C)c1=O. The Bertz CT molecular complexity index is 415. The first-order chi connectivity index (χ1) is 8.06. The van der Waals surface area contributed by atoms with Gasteiger partial charge in [0.25, 0.3) is 0 Å². The first-order valence-electron chi connectivity index (χ1n) is 6.21. The number of hydrogen-bond donors (Lipinski definition) is 1. The van der Waals surface area contributed by atoms with E-state index in [1.807, 2.05) is 26.2 Å².